The normalized spacial score (nSPS) is 17.2. The van der Waals surface area contributed by atoms with E-state index in [0.717, 1.165) is 41.9 Å². The highest BCUT2D eigenvalue weighted by molar-refractivity contribution is 7.90. The summed E-state index contributed by atoms with van der Waals surface area (Å²) in [5.74, 6) is 0.677. The minimum Gasteiger partial charge on any atom is -0.367 e. The number of nitrogens with one attached hydrogen (secondary N) is 3. The van der Waals surface area contributed by atoms with Crippen LogP contribution in [0, 0.1) is 0 Å². The summed E-state index contributed by atoms with van der Waals surface area (Å²) in [4.78, 5) is 41.2. The number of anilines is 1. The number of nitrogens with zero attached hydrogens (tertiary/aromatic N) is 3. The Morgan fingerprint density at radius 1 is 1.06 bits per heavy atom. The Bertz CT molecular complexity index is 1600. The van der Waals surface area contributed by atoms with Gasteiger partial charge >= 0.3 is 5.69 Å². The van der Waals surface area contributed by atoms with E-state index < -0.39 is 15.5 Å². The van der Waals surface area contributed by atoms with Crippen LogP contribution in [0.1, 0.15) is 12.5 Å². The van der Waals surface area contributed by atoms with Gasteiger partial charge in [0.1, 0.15) is 11.3 Å². The molecule has 4 aromatic rings. The van der Waals surface area contributed by atoms with Gasteiger partial charge in [0, 0.05) is 55.8 Å². The predicted molar refractivity (Wildman–Crippen MR) is 134 cm³/mol. The Hall–Kier alpha value is -3.70. The minimum absolute atomic E-state index is 0.173. The van der Waals surface area contributed by atoms with Crippen LogP contribution in [0.3, 0.4) is 0 Å². The molecule has 0 bridgehead atoms. The fourth-order valence-electron chi connectivity index (χ4n) is 4.49. The van der Waals surface area contributed by atoms with Gasteiger partial charge in [-0.1, -0.05) is 6.07 Å². The molecule has 1 aliphatic rings. The average molecular weight is 495 g/mol. The number of hydrogen-bond donors (Lipinski definition) is 3. The lowest BCUT2D eigenvalue weighted by Gasteiger charge is -2.40. The van der Waals surface area contributed by atoms with E-state index in [9.17, 15) is 18.0 Å². The van der Waals surface area contributed by atoms with Gasteiger partial charge < -0.3 is 14.9 Å². The van der Waals surface area contributed by atoms with Crippen LogP contribution in [-0.2, 0) is 16.4 Å². The van der Waals surface area contributed by atoms with Gasteiger partial charge in [-0.2, -0.15) is 0 Å². The molecule has 2 aromatic heterocycles. The topological polar surface area (TPSA) is 135 Å². The Morgan fingerprint density at radius 2 is 1.83 bits per heavy atom. The van der Waals surface area contributed by atoms with Crippen LogP contribution in [0.25, 0.3) is 22.4 Å². The maximum Gasteiger partial charge on any atom is 0.325 e. The lowest BCUT2D eigenvalue weighted by molar-refractivity contribution is 0.180. The molecule has 182 valence electrons. The van der Waals surface area contributed by atoms with Crippen molar-refractivity contribution in [1.82, 2.24) is 24.8 Å². The lowest BCUT2D eigenvalue weighted by atomic mass is 10.1. The molecule has 10 nitrogen and oxygen atoms in total. The van der Waals surface area contributed by atoms with Crippen LogP contribution in [0.5, 0.6) is 0 Å². The van der Waals surface area contributed by atoms with Crippen LogP contribution in [-0.4, -0.2) is 65.2 Å². The Morgan fingerprint density at radius 3 is 2.51 bits per heavy atom. The van der Waals surface area contributed by atoms with Crippen LogP contribution >= 0.6 is 0 Å². The molecule has 0 radical (unpaired) electrons. The van der Waals surface area contributed by atoms with Crippen molar-refractivity contribution in [2.75, 3.05) is 30.8 Å². The van der Waals surface area contributed by atoms with Crippen LogP contribution in [0.15, 0.2) is 63.1 Å². The van der Waals surface area contributed by atoms with Gasteiger partial charge in [-0.3, -0.25) is 14.7 Å². The number of aromatic amines is 3. The van der Waals surface area contributed by atoms with Crippen LogP contribution in [0.4, 0.5) is 5.69 Å². The molecule has 0 saturated carbocycles. The summed E-state index contributed by atoms with van der Waals surface area (Å²) in [5.41, 5.74) is 3.25. The third-order valence-electron chi connectivity index (χ3n) is 6.42. The molecule has 0 unspecified atom stereocenters. The lowest BCUT2D eigenvalue weighted by Crippen LogP contribution is -2.52. The van der Waals surface area contributed by atoms with Gasteiger partial charge in [-0.15, -0.1) is 0 Å². The first-order valence-electron chi connectivity index (χ1n) is 11.3. The first kappa shape index (κ1) is 23.1. The van der Waals surface area contributed by atoms with Crippen molar-refractivity contribution in [2.24, 2.45) is 0 Å². The quantitative estimate of drug-likeness (QED) is 0.384. The molecule has 1 atom stereocenters. The monoisotopic (exact) mass is 494 g/mol. The summed E-state index contributed by atoms with van der Waals surface area (Å²) in [6.07, 6.45) is 2.67. The molecule has 11 heteroatoms. The van der Waals surface area contributed by atoms with E-state index in [-0.39, 0.29) is 16.5 Å². The summed E-state index contributed by atoms with van der Waals surface area (Å²) >= 11 is 0. The first-order chi connectivity index (χ1) is 16.7. The molecular weight excluding hydrogens is 468 g/mol. The maximum absolute atomic E-state index is 12.1. The van der Waals surface area contributed by atoms with Crippen molar-refractivity contribution >= 4 is 26.6 Å². The van der Waals surface area contributed by atoms with Gasteiger partial charge in [0.25, 0.3) is 5.56 Å². The number of aromatic nitrogens is 4. The van der Waals surface area contributed by atoms with Gasteiger partial charge in [0.2, 0.25) is 0 Å². The van der Waals surface area contributed by atoms with E-state index in [1.165, 1.54) is 12.5 Å². The highest BCUT2D eigenvalue weighted by atomic mass is 32.2. The Balaban J connectivity index is 1.37. The third-order valence-corrected chi connectivity index (χ3v) is 7.55. The number of para-hydroxylation sites is 1. The van der Waals surface area contributed by atoms with Crippen LogP contribution < -0.4 is 16.1 Å². The van der Waals surface area contributed by atoms with E-state index in [1.807, 2.05) is 12.1 Å². The number of fused-ring (bicyclic) bond motifs is 1. The molecular formula is C24H26N6O4S. The van der Waals surface area contributed by atoms with E-state index in [1.54, 1.807) is 24.3 Å². The number of imidazole rings is 1. The number of benzene rings is 2. The molecule has 3 N–H and O–H groups in total. The zero-order valence-electron chi connectivity index (χ0n) is 19.4. The molecule has 0 aliphatic carbocycles. The second-order valence-corrected chi connectivity index (χ2v) is 10.9. The van der Waals surface area contributed by atoms with E-state index in [2.05, 4.69) is 37.7 Å². The smallest absolute Gasteiger partial charge is 0.325 e. The van der Waals surface area contributed by atoms with Gasteiger partial charge in [-0.25, -0.2) is 18.2 Å². The summed E-state index contributed by atoms with van der Waals surface area (Å²) in [5, 5.41) is 0. The van der Waals surface area contributed by atoms with Gasteiger partial charge in [-0.05, 0) is 43.3 Å². The van der Waals surface area contributed by atoms with Crippen molar-refractivity contribution in [1.29, 1.82) is 0 Å². The minimum atomic E-state index is -3.26. The first-order valence-corrected chi connectivity index (χ1v) is 13.2. The fraction of sp³-hybridized carbons (Fsp3) is 0.292. The summed E-state index contributed by atoms with van der Waals surface area (Å²) in [6, 6.07) is 12.9. The Labute approximate surface area is 201 Å². The number of H-pyrrole nitrogens is 3. The molecule has 1 fully saturated rings. The van der Waals surface area contributed by atoms with Crippen molar-refractivity contribution in [3.05, 3.63) is 75.1 Å². The predicted octanol–water partition coefficient (Wildman–Crippen LogP) is 1.72. The second kappa shape index (κ2) is 8.82. The molecule has 5 rings (SSSR count). The van der Waals surface area contributed by atoms with Crippen molar-refractivity contribution in [2.45, 2.75) is 24.4 Å². The maximum atomic E-state index is 12.1. The highest BCUT2D eigenvalue weighted by Gasteiger charge is 2.26. The molecule has 0 spiro atoms. The third kappa shape index (κ3) is 4.64. The molecule has 0 amide bonds. The molecule has 1 aliphatic heterocycles. The van der Waals surface area contributed by atoms with Crippen molar-refractivity contribution in [3.8, 4) is 11.4 Å². The van der Waals surface area contributed by atoms with Gasteiger partial charge in [0.15, 0.2) is 9.84 Å². The molecule has 35 heavy (non-hydrogen) atoms. The van der Waals surface area contributed by atoms with Crippen LogP contribution in [0.2, 0.25) is 0 Å². The average Bonchev–Trinajstić information content (AvgIpc) is 3.26. The largest absolute Gasteiger partial charge is 0.367 e. The van der Waals surface area contributed by atoms with E-state index >= 15 is 0 Å². The molecule has 1 saturated heterocycles. The summed E-state index contributed by atoms with van der Waals surface area (Å²) < 4.78 is 23.5. The van der Waals surface area contributed by atoms with Crippen molar-refractivity contribution < 1.29 is 8.42 Å². The number of hydrogen-bond acceptors (Lipinski definition) is 7. The van der Waals surface area contributed by atoms with E-state index in [0.29, 0.717) is 17.9 Å². The standard InChI is InChI=1S/C24H26N6O4S/c1-15-13-30(11-10-29(15)14-17-12-25-24(32)28-23(17)31)20-5-3-4-19-21(20)27-22(26-19)16-6-8-18(9-7-16)35(2,33)34/h3-9,12,15H,10-11,13-14H2,1-2H3,(H,26,27)(H2,25,28,31,32)/t15-/m0/s1. The zero-order chi connectivity index (χ0) is 24.7. The number of rotatable bonds is 5. The summed E-state index contributed by atoms with van der Waals surface area (Å²) in [7, 11) is -3.26. The SMILES string of the molecule is C[C@H]1CN(c2cccc3[nH]c(-c4ccc(S(C)(=O)=O)cc4)nc23)CCN1Cc1c[nH]c(=O)[nH]c1=O. The van der Waals surface area contributed by atoms with Gasteiger partial charge in [0.05, 0.1) is 16.1 Å². The number of sulfone groups is 1. The van der Waals surface area contributed by atoms with E-state index in [4.69, 9.17) is 4.98 Å². The second-order valence-electron chi connectivity index (χ2n) is 8.92. The highest BCUT2D eigenvalue weighted by Crippen LogP contribution is 2.30. The zero-order valence-corrected chi connectivity index (χ0v) is 20.2. The fourth-order valence-corrected chi connectivity index (χ4v) is 5.12. The molecule has 3 heterocycles. The Kier molecular flexibility index (Phi) is 5.81. The number of piperazine rings is 1. The summed E-state index contributed by atoms with van der Waals surface area (Å²) in [6.45, 7) is 4.84. The molecule has 2 aromatic carbocycles. The van der Waals surface area contributed by atoms with Crippen molar-refractivity contribution in [3.63, 3.8) is 0 Å².